The molecule has 0 spiro atoms. The van der Waals surface area contributed by atoms with Crippen LogP contribution in [0.5, 0.6) is 0 Å². The van der Waals surface area contributed by atoms with Gasteiger partial charge in [0, 0.05) is 0 Å². The molecule has 0 bridgehead atoms. The highest BCUT2D eigenvalue weighted by molar-refractivity contribution is 5.71. The van der Waals surface area contributed by atoms with Crippen molar-refractivity contribution >= 4 is 5.97 Å². The van der Waals surface area contributed by atoms with Gasteiger partial charge in [-0.2, -0.15) is 4.98 Å². The smallest absolute Gasteiger partial charge is 0.315 e. The quantitative estimate of drug-likeness (QED) is 0.783. The zero-order chi connectivity index (χ0) is 13.3. The lowest BCUT2D eigenvalue weighted by Crippen LogP contribution is -2.11. The van der Waals surface area contributed by atoms with Gasteiger partial charge in [-0.05, 0) is 18.4 Å². The molecule has 5 heteroatoms. The first-order valence-corrected chi connectivity index (χ1v) is 6.20. The monoisotopic (exact) mass is 258 g/mol. The Bertz CT molecular complexity index is 588. The van der Waals surface area contributed by atoms with E-state index >= 15 is 0 Å². The van der Waals surface area contributed by atoms with Gasteiger partial charge < -0.3 is 9.26 Å². The van der Waals surface area contributed by atoms with Crippen molar-refractivity contribution in [3.8, 4) is 0 Å². The number of rotatable bonds is 4. The van der Waals surface area contributed by atoms with Crippen molar-refractivity contribution in [3.63, 3.8) is 0 Å². The van der Waals surface area contributed by atoms with Crippen molar-refractivity contribution in [1.29, 1.82) is 0 Å². The minimum atomic E-state index is -0.375. The molecule has 1 aliphatic carbocycles. The average molecular weight is 258 g/mol. The Balaban J connectivity index is 1.85. The van der Waals surface area contributed by atoms with Crippen molar-refractivity contribution < 1.29 is 14.1 Å². The van der Waals surface area contributed by atoms with Gasteiger partial charge >= 0.3 is 5.97 Å². The number of esters is 1. The zero-order valence-electron chi connectivity index (χ0n) is 10.6. The molecular formula is C14H14N2O3. The second kappa shape index (κ2) is 4.50. The van der Waals surface area contributed by atoms with Gasteiger partial charge in [0.15, 0.2) is 5.82 Å². The minimum absolute atomic E-state index is 0.0222. The van der Waals surface area contributed by atoms with Gasteiger partial charge in [-0.15, -0.1) is 0 Å². The summed E-state index contributed by atoms with van der Waals surface area (Å²) in [5, 5.41) is 4.02. The van der Waals surface area contributed by atoms with Crippen molar-refractivity contribution in [2.75, 3.05) is 7.11 Å². The largest absolute Gasteiger partial charge is 0.469 e. The van der Waals surface area contributed by atoms with Gasteiger partial charge in [0.1, 0.15) is 6.42 Å². The lowest BCUT2D eigenvalue weighted by Gasteiger charge is -2.09. The van der Waals surface area contributed by atoms with Crippen molar-refractivity contribution in [1.82, 2.24) is 10.1 Å². The van der Waals surface area contributed by atoms with Gasteiger partial charge in [0.05, 0.1) is 12.5 Å². The Morgan fingerprint density at radius 1 is 1.37 bits per heavy atom. The fourth-order valence-corrected chi connectivity index (χ4v) is 2.24. The number of aromatic nitrogens is 2. The molecule has 19 heavy (non-hydrogen) atoms. The molecule has 0 saturated heterocycles. The number of nitrogens with zero attached hydrogens (tertiary/aromatic N) is 2. The van der Waals surface area contributed by atoms with Crippen LogP contribution in [0.25, 0.3) is 0 Å². The Labute approximate surface area is 110 Å². The van der Waals surface area contributed by atoms with Crippen LogP contribution in [0.15, 0.2) is 34.9 Å². The number of benzene rings is 1. The van der Waals surface area contributed by atoms with E-state index in [4.69, 9.17) is 4.52 Å². The summed E-state index contributed by atoms with van der Waals surface area (Å²) in [6.45, 7) is 0. The van der Waals surface area contributed by atoms with E-state index in [1.165, 1.54) is 12.7 Å². The first-order valence-electron chi connectivity index (χ1n) is 6.20. The molecule has 98 valence electrons. The Morgan fingerprint density at radius 2 is 2.11 bits per heavy atom. The summed E-state index contributed by atoms with van der Waals surface area (Å²) in [7, 11) is 1.34. The molecule has 1 aliphatic rings. The van der Waals surface area contributed by atoms with Crippen LogP contribution in [0.1, 0.15) is 30.1 Å². The van der Waals surface area contributed by atoms with Crippen LogP contribution in [0, 0.1) is 0 Å². The van der Waals surface area contributed by atoms with Gasteiger partial charge in [0.25, 0.3) is 0 Å². The third-order valence-corrected chi connectivity index (χ3v) is 3.50. The molecule has 5 nitrogen and oxygen atoms in total. The predicted molar refractivity (Wildman–Crippen MR) is 66.5 cm³/mol. The molecule has 0 unspecified atom stereocenters. The molecule has 0 radical (unpaired) electrons. The Hall–Kier alpha value is -2.17. The van der Waals surface area contributed by atoms with Crippen LogP contribution < -0.4 is 0 Å². The van der Waals surface area contributed by atoms with Gasteiger partial charge in [0.2, 0.25) is 5.89 Å². The number of carbonyl (C=O) groups excluding carboxylic acids is 1. The number of hydrogen-bond acceptors (Lipinski definition) is 5. The van der Waals surface area contributed by atoms with Crippen molar-refractivity contribution in [2.45, 2.75) is 24.7 Å². The number of methoxy groups -OCH3 is 1. The molecule has 0 amide bonds. The second-order valence-corrected chi connectivity index (χ2v) is 4.71. The van der Waals surface area contributed by atoms with E-state index in [9.17, 15) is 4.79 Å². The molecule has 2 aromatic rings. The molecule has 3 rings (SSSR count). The highest BCUT2D eigenvalue weighted by atomic mass is 16.5. The average Bonchev–Trinajstić information content (AvgIpc) is 3.14. The SMILES string of the molecule is COC(=O)Cc1nc(C2(c3ccccc3)CC2)no1. The van der Waals surface area contributed by atoms with Crippen LogP contribution in [0.4, 0.5) is 0 Å². The molecule has 1 aromatic heterocycles. The van der Waals surface area contributed by atoms with E-state index in [-0.39, 0.29) is 17.8 Å². The van der Waals surface area contributed by atoms with E-state index in [2.05, 4.69) is 27.0 Å². The fraction of sp³-hybridized carbons (Fsp3) is 0.357. The molecular weight excluding hydrogens is 244 g/mol. The van der Waals surface area contributed by atoms with Gasteiger partial charge in [-0.3, -0.25) is 4.79 Å². The van der Waals surface area contributed by atoms with E-state index in [0.717, 1.165) is 12.8 Å². The molecule has 1 aromatic carbocycles. The first kappa shape index (κ1) is 11.9. The highest BCUT2D eigenvalue weighted by Gasteiger charge is 2.49. The number of ether oxygens (including phenoxy) is 1. The fourth-order valence-electron chi connectivity index (χ4n) is 2.24. The summed E-state index contributed by atoms with van der Waals surface area (Å²) in [6.07, 6.45) is 2.04. The molecule has 1 heterocycles. The second-order valence-electron chi connectivity index (χ2n) is 4.71. The topological polar surface area (TPSA) is 65.2 Å². The van der Waals surface area contributed by atoms with Crippen molar-refractivity contribution in [2.24, 2.45) is 0 Å². The van der Waals surface area contributed by atoms with Crippen molar-refractivity contribution in [3.05, 3.63) is 47.6 Å². The maximum atomic E-state index is 11.2. The first-order chi connectivity index (χ1) is 9.24. The van der Waals surface area contributed by atoms with E-state index in [1.54, 1.807) is 0 Å². The van der Waals surface area contributed by atoms with Crippen LogP contribution in [0.3, 0.4) is 0 Å². The normalized spacial score (nSPS) is 16.1. The molecule has 0 N–H and O–H groups in total. The van der Waals surface area contributed by atoms with Crippen LogP contribution in [-0.2, 0) is 21.4 Å². The summed E-state index contributed by atoms with van der Waals surface area (Å²) >= 11 is 0. The van der Waals surface area contributed by atoms with Crippen LogP contribution in [-0.4, -0.2) is 23.2 Å². The summed E-state index contributed by atoms with van der Waals surface area (Å²) in [5.41, 5.74) is 1.07. The lowest BCUT2D eigenvalue weighted by atomic mass is 9.95. The summed E-state index contributed by atoms with van der Waals surface area (Å²) < 4.78 is 9.71. The molecule has 1 fully saturated rings. The summed E-state index contributed by atoms with van der Waals surface area (Å²) in [4.78, 5) is 15.5. The molecule has 0 atom stereocenters. The third-order valence-electron chi connectivity index (χ3n) is 3.50. The standard InChI is InChI=1S/C14H14N2O3/c1-18-12(17)9-11-15-13(16-19-11)14(7-8-14)10-5-3-2-4-6-10/h2-6H,7-9H2,1H3. The van der Waals surface area contributed by atoms with E-state index in [0.29, 0.717) is 11.7 Å². The van der Waals surface area contributed by atoms with E-state index < -0.39 is 0 Å². The summed E-state index contributed by atoms with van der Waals surface area (Å²) in [6, 6.07) is 10.1. The van der Waals surface area contributed by atoms with Gasteiger partial charge in [-0.1, -0.05) is 35.5 Å². The zero-order valence-corrected chi connectivity index (χ0v) is 10.6. The number of carbonyl (C=O) groups is 1. The predicted octanol–water partition coefficient (Wildman–Crippen LogP) is 1.86. The van der Waals surface area contributed by atoms with Gasteiger partial charge in [-0.25, -0.2) is 0 Å². The minimum Gasteiger partial charge on any atom is -0.469 e. The Morgan fingerprint density at radius 3 is 2.74 bits per heavy atom. The van der Waals surface area contributed by atoms with E-state index in [1.807, 2.05) is 18.2 Å². The summed E-state index contributed by atoms with van der Waals surface area (Å²) in [5.74, 6) is 0.599. The third kappa shape index (κ3) is 2.12. The maximum absolute atomic E-state index is 11.2. The van der Waals surface area contributed by atoms with Crippen LogP contribution in [0.2, 0.25) is 0 Å². The van der Waals surface area contributed by atoms with Crippen LogP contribution >= 0.6 is 0 Å². The molecule has 1 saturated carbocycles. The lowest BCUT2D eigenvalue weighted by molar-refractivity contribution is -0.140. The number of hydrogen-bond donors (Lipinski definition) is 0. The highest BCUT2D eigenvalue weighted by Crippen LogP contribution is 2.52. The Kier molecular flexibility index (Phi) is 2.81. The maximum Gasteiger partial charge on any atom is 0.315 e. The molecule has 0 aliphatic heterocycles.